The Hall–Kier alpha value is -2.12. The van der Waals surface area contributed by atoms with Gasteiger partial charge in [0.15, 0.2) is 0 Å². The zero-order valence-electron chi connectivity index (χ0n) is 20.0. The van der Waals surface area contributed by atoms with Crippen LogP contribution in [0.3, 0.4) is 0 Å². The lowest BCUT2D eigenvalue weighted by Gasteiger charge is -2.36. The van der Waals surface area contributed by atoms with Crippen molar-refractivity contribution in [1.29, 1.82) is 0 Å². The largest absolute Gasteiger partial charge is 0.353 e. The van der Waals surface area contributed by atoms with Crippen molar-refractivity contribution in [3.05, 3.63) is 0 Å². The van der Waals surface area contributed by atoms with Crippen molar-refractivity contribution in [2.45, 2.75) is 109 Å². The fourth-order valence-electron chi connectivity index (χ4n) is 5.28. The van der Waals surface area contributed by atoms with Gasteiger partial charge in [-0.2, -0.15) is 0 Å². The van der Waals surface area contributed by atoms with Crippen molar-refractivity contribution in [1.82, 2.24) is 21.3 Å². The SMILES string of the molecule is CC(C)[C@H]1CC(=O)N[C@@H]2CCC[C@H]2C(=O)NC(C)(C)C(=O)N[C@H](C2CCCCC2)C(=O)N1. The second-order valence-electron chi connectivity index (χ2n) is 10.7. The van der Waals surface area contributed by atoms with E-state index >= 15 is 0 Å². The minimum absolute atomic E-state index is 0.0490. The number of hydrogen-bond acceptors (Lipinski definition) is 4. The Morgan fingerprint density at radius 2 is 1.50 bits per heavy atom. The van der Waals surface area contributed by atoms with Crippen LogP contribution in [0.5, 0.6) is 0 Å². The summed E-state index contributed by atoms with van der Waals surface area (Å²) in [5.41, 5.74) is -1.16. The number of carbonyl (C=O) groups excluding carboxylic acids is 4. The Kier molecular flexibility index (Phi) is 7.83. The van der Waals surface area contributed by atoms with Crippen molar-refractivity contribution in [3.8, 4) is 0 Å². The van der Waals surface area contributed by atoms with Crippen LogP contribution in [0, 0.1) is 17.8 Å². The Bertz CT molecular complexity index is 730. The molecule has 1 heterocycles. The third-order valence-corrected chi connectivity index (χ3v) is 7.43. The highest BCUT2D eigenvalue weighted by molar-refractivity contribution is 5.95. The molecular formula is C24H40N4O4. The summed E-state index contributed by atoms with van der Waals surface area (Å²) in [6, 6.07) is -1.26. The van der Waals surface area contributed by atoms with E-state index in [0.717, 1.165) is 44.9 Å². The Balaban J connectivity index is 1.90. The van der Waals surface area contributed by atoms with Crippen molar-refractivity contribution >= 4 is 23.6 Å². The molecule has 0 radical (unpaired) electrons. The summed E-state index contributed by atoms with van der Waals surface area (Å²) in [7, 11) is 0. The van der Waals surface area contributed by atoms with Crippen LogP contribution in [-0.2, 0) is 19.2 Å². The van der Waals surface area contributed by atoms with Crippen molar-refractivity contribution in [2.24, 2.45) is 17.8 Å². The molecule has 1 saturated heterocycles. The van der Waals surface area contributed by atoms with Crippen LogP contribution in [0.4, 0.5) is 0 Å². The van der Waals surface area contributed by atoms with E-state index in [9.17, 15) is 19.2 Å². The van der Waals surface area contributed by atoms with E-state index in [2.05, 4.69) is 21.3 Å². The Morgan fingerprint density at radius 1 is 0.812 bits per heavy atom. The van der Waals surface area contributed by atoms with Gasteiger partial charge in [0.05, 0.1) is 5.92 Å². The van der Waals surface area contributed by atoms with Gasteiger partial charge >= 0.3 is 0 Å². The minimum Gasteiger partial charge on any atom is -0.353 e. The quantitative estimate of drug-likeness (QED) is 0.515. The number of carbonyl (C=O) groups is 4. The lowest BCUT2D eigenvalue weighted by molar-refractivity contribution is -0.138. The topological polar surface area (TPSA) is 116 Å². The molecule has 0 aromatic carbocycles. The van der Waals surface area contributed by atoms with Gasteiger partial charge < -0.3 is 21.3 Å². The van der Waals surface area contributed by atoms with Gasteiger partial charge in [-0.05, 0) is 51.4 Å². The number of hydrogen-bond donors (Lipinski definition) is 4. The molecule has 4 amide bonds. The summed E-state index contributed by atoms with van der Waals surface area (Å²) in [6.45, 7) is 7.29. The van der Waals surface area contributed by atoms with E-state index in [-0.39, 0.29) is 59.9 Å². The van der Waals surface area contributed by atoms with Gasteiger partial charge in [0.25, 0.3) is 0 Å². The molecule has 3 aliphatic rings. The first kappa shape index (κ1) is 24.5. The molecule has 2 aliphatic carbocycles. The highest BCUT2D eigenvalue weighted by Gasteiger charge is 2.41. The second-order valence-corrected chi connectivity index (χ2v) is 10.7. The maximum absolute atomic E-state index is 13.4. The van der Waals surface area contributed by atoms with Crippen LogP contribution in [0.25, 0.3) is 0 Å². The zero-order valence-corrected chi connectivity index (χ0v) is 20.0. The maximum Gasteiger partial charge on any atom is 0.245 e. The molecule has 0 aromatic rings. The van der Waals surface area contributed by atoms with Gasteiger partial charge in [0, 0.05) is 18.5 Å². The summed E-state index contributed by atoms with van der Waals surface area (Å²) in [4.78, 5) is 52.5. The molecule has 3 rings (SSSR count). The molecule has 3 fully saturated rings. The van der Waals surface area contributed by atoms with E-state index < -0.39 is 11.6 Å². The van der Waals surface area contributed by atoms with Gasteiger partial charge in [0.1, 0.15) is 11.6 Å². The molecule has 4 N–H and O–H groups in total. The Morgan fingerprint density at radius 3 is 2.16 bits per heavy atom. The molecule has 0 unspecified atom stereocenters. The monoisotopic (exact) mass is 448 g/mol. The van der Waals surface area contributed by atoms with Crippen LogP contribution in [0.2, 0.25) is 0 Å². The molecule has 0 aromatic heterocycles. The zero-order chi connectivity index (χ0) is 23.5. The number of amides is 4. The second kappa shape index (κ2) is 10.2. The van der Waals surface area contributed by atoms with Gasteiger partial charge in [-0.1, -0.05) is 39.5 Å². The third-order valence-electron chi connectivity index (χ3n) is 7.43. The van der Waals surface area contributed by atoms with E-state index in [0.29, 0.717) is 6.42 Å². The normalized spacial score (nSPS) is 32.9. The molecule has 0 bridgehead atoms. The molecule has 2 saturated carbocycles. The van der Waals surface area contributed by atoms with Gasteiger partial charge in [-0.25, -0.2) is 0 Å². The highest BCUT2D eigenvalue weighted by Crippen LogP contribution is 2.29. The predicted molar refractivity (Wildman–Crippen MR) is 121 cm³/mol. The fraction of sp³-hybridized carbons (Fsp3) is 0.833. The maximum atomic E-state index is 13.4. The molecule has 8 nitrogen and oxygen atoms in total. The van der Waals surface area contributed by atoms with Crippen molar-refractivity contribution < 1.29 is 19.2 Å². The molecule has 32 heavy (non-hydrogen) atoms. The smallest absolute Gasteiger partial charge is 0.245 e. The molecule has 8 heteroatoms. The van der Waals surface area contributed by atoms with Crippen LogP contribution in [0.1, 0.15) is 85.5 Å². The van der Waals surface area contributed by atoms with E-state index in [4.69, 9.17) is 0 Å². The van der Waals surface area contributed by atoms with Gasteiger partial charge in [0.2, 0.25) is 23.6 Å². The lowest BCUT2D eigenvalue weighted by atomic mass is 9.82. The standard InChI is InChI=1S/C24H40N4O4/c1-14(2)18-13-19(29)25-17-12-8-11-16(17)21(30)28-24(3,4)23(32)27-20(22(31)26-18)15-9-6-5-7-10-15/h14-18,20H,5-13H2,1-4H3,(H,25,29)(H,26,31)(H,27,32)(H,28,30)/t16-,17-,18-,20-/m1/s1. The average molecular weight is 449 g/mol. The van der Waals surface area contributed by atoms with Crippen molar-refractivity contribution in [2.75, 3.05) is 0 Å². The predicted octanol–water partition coefficient (Wildman–Crippen LogP) is 1.78. The molecular weight excluding hydrogens is 408 g/mol. The summed E-state index contributed by atoms with van der Waals surface area (Å²) < 4.78 is 0. The van der Waals surface area contributed by atoms with Gasteiger partial charge in [-0.3, -0.25) is 19.2 Å². The van der Waals surface area contributed by atoms with Crippen LogP contribution in [0.15, 0.2) is 0 Å². The van der Waals surface area contributed by atoms with Gasteiger partial charge in [-0.15, -0.1) is 0 Å². The summed E-state index contributed by atoms with van der Waals surface area (Å²) in [5.74, 6) is -1.21. The first-order valence-corrected chi connectivity index (χ1v) is 12.3. The average Bonchev–Trinajstić information content (AvgIpc) is 3.18. The van der Waals surface area contributed by atoms with Crippen LogP contribution >= 0.6 is 0 Å². The lowest BCUT2D eigenvalue weighted by Crippen LogP contribution is -2.63. The minimum atomic E-state index is -1.16. The first-order valence-electron chi connectivity index (χ1n) is 12.3. The molecule has 4 atom stereocenters. The third kappa shape index (κ3) is 5.81. The molecule has 180 valence electrons. The number of fused-ring (bicyclic) bond motifs is 1. The number of rotatable bonds is 2. The molecule has 1 aliphatic heterocycles. The summed E-state index contributed by atoms with van der Waals surface area (Å²) >= 11 is 0. The molecule has 0 spiro atoms. The van der Waals surface area contributed by atoms with Crippen LogP contribution in [-0.4, -0.2) is 47.3 Å². The van der Waals surface area contributed by atoms with Crippen molar-refractivity contribution in [3.63, 3.8) is 0 Å². The first-order chi connectivity index (χ1) is 15.1. The van der Waals surface area contributed by atoms with E-state index in [1.165, 1.54) is 0 Å². The van der Waals surface area contributed by atoms with E-state index in [1.54, 1.807) is 13.8 Å². The van der Waals surface area contributed by atoms with Crippen LogP contribution < -0.4 is 21.3 Å². The summed E-state index contributed by atoms with van der Waals surface area (Å²) in [5, 5.41) is 11.9. The fourth-order valence-corrected chi connectivity index (χ4v) is 5.28. The van der Waals surface area contributed by atoms with E-state index in [1.807, 2.05) is 13.8 Å². The highest BCUT2D eigenvalue weighted by atomic mass is 16.2. The number of nitrogens with one attached hydrogen (secondary N) is 4. The Labute approximate surface area is 191 Å². The summed E-state index contributed by atoms with van der Waals surface area (Å²) in [6.07, 6.45) is 7.38.